The van der Waals surface area contributed by atoms with Crippen molar-refractivity contribution in [1.29, 1.82) is 0 Å². The molecule has 1 amide bonds. The van der Waals surface area contributed by atoms with E-state index < -0.39 is 0 Å². The zero-order valence-electron chi connectivity index (χ0n) is 18.8. The van der Waals surface area contributed by atoms with Crippen molar-refractivity contribution in [3.05, 3.63) is 89.5 Å². The molecule has 33 heavy (non-hydrogen) atoms. The Bertz CT molecular complexity index is 1100. The number of fused-ring (bicyclic) bond motifs is 1. The molecule has 5 heteroatoms. The van der Waals surface area contributed by atoms with E-state index in [4.69, 9.17) is 9.47 Å². The molecule has 2 heterocycles. The molecule has 1 fully saturated rings. The van der Waals surface area contributed by atoms with Gasteiger partial charge in [-0.2, -0.15) is 0 Å². The summed E-state index contributed by atoms with van der Waals surface area (Å²) < 4.78 is 11.7. The number of amides is 1. The van der Waals surface area contributed by atoms with Crippen molar-refractivity contribution in [1.82, 2.24) is 4.90 Å². The number of rotatable bonds is 6. The van der Waals surface area contributed by atoms with E-state index in [1.165, 1.54) is 11.1 Å². The molecular formula is C28H30N2O3. The molecule has 0 radical (unpaired) electrons. The van der Waals surface area contributed by atoms with Gasteiger partial charge in [-0.1, -0.05) is 54.6 Å². The van der Waals surface area contributed by atoms with Crippen LogP contribution in [0.3, 0.4) is 0 Å². The molecule has 0 aromatic heterocycles. The van der Waals surface area contributed by atoms with Crippen LogP contribution < -0.4 is 14.8 Å². The van der Waals surface area contributed by atoms with E-state index >= 15 is 0 Å². The first-order valence-corrected chi connectivity index (χ1v) is 11.8. The number of nitrogens with zero attached hydrogens (tertiary/aromatic N) is 1. The average Bonchev–Trinajstić information content (AvgIpc) is 3.16. The molecule has 3 aromatic rings. The SMILES string of the molecule is O=C(CN1CCCC1c1ccc2c(c1)OCCCO2)Nc1ccccc1Cc1ccccc1. The number of carbonyl (C=O) groups excluding carboxylic acids is 1. The van der Waals surface area contributed by atoms with E-state index in [0.29, 0.717) is 19.8 Å². The van der Waals surface area contributed by atoms with Crippen molar-refractivity contribution in [2.75, 3.05) is 31.6 Å². The summed E-state index contributed by atoms with van der Waals surface area (Å²) in [5.74, 6) is 1.65. The van der Waals surface area contributed by atoms with E-state index in [-0.39, 0.29) is 11.9 Å². The molecule has 1 N–H and O–H groups in total. The molecule has 170 valence electrons. The van der Waals surface area contributed by atoms with Crippen LogP contribution in [0.1, 0.15) is 42.0 Å². The minimum absolute atomic E-state index is 0.0248. The van der Waals surface area contributed by atoms with Gasteiger partial charge in [-0.25, -0.2) is 0 Å². The summed E-state index contributed by atoms with van der Waals surface area (Å²) in [4.78, 5) is 15.3. The quantitative estimate of drug-likeness (QED) is 0.569. The van der Waals surface area contributed by atoms with Gasteiger partial charge in [0.25, 0.3) is 0 Å². The molecule has 1 unspecified atom stereocenters. The number of anilines is 1. The summed E-state index contributed by atoms with van der Waals surface area (Å²) >= 11 is 0. The topological polar surface area (TPSA) is 50.8 Å². The fraction of sp³-hybridized carbons (Fsp3) is 0.321. The second-order valence-electron chi connectivity index (χ2n) is 8.75. The molecule has 5 nitrogen and oxygen atoms in total. The highest BCUT2D eigenvalue weighted by molar-refractivity contribution is 5.93. The molecule has 3 aromatic carbocycles. The fourth-order valence-corrected chi connectivity index (χ4v) is 4.77. The Hall–Kier alpha value is -3.31. The Kier molecular flexibility index (Phi) is 6.58. The molecule has 1 atom stereocenters. The average molecular weight is 443 g/mol. The van der Waals surface area contributed by atoms with E-state index in [1.54, 1.807) is 0 Å². The lowest BCUT2D eigenvalue weighted by molar-refractivity contribution is -0.117. The summed E-state index contributed by atoms with van der Waals surface area (Å²) in [6.45, 7) is 2.65. The van der Waals surface area contributed by atoms with Gasteiger partial charge in [0.05, 0.1) is 19.8 Å². The Morgan fingerprint density at radius 1 is 0.909 bits per heavy atom. The van der Waals surface area contributed by atoms with Gasteiger partial charge in [-0.15, -0.1) is 0 Å². The normalized spacial score (nSPS) is 18.0. The third-order valence-electron chi connectivity index (χ3n) is 6.40. The van der Waals surface area contributed by atoms with Gasteiger partial charge in [0.15, 0.2) is 11.5 Å². The Balaban J connectivity index is 1.26. The van der Waals surface area contributed by atoms with Gasteiger partial charge >= 0.3 is 0 Å². The smallest absolute Gasteiger partial charge is 0.238 e. The van der Waals surface area contributed by atoms with Crippen LogP contribution in [0.15, 0.2) is 72.8 Å². The second kappa shape index (κ2) is 10.1. The van der Waals surface area contributed by atoms with Gasteiger partial charge in [0, 0.05) is 18.2 Å². The Morgan fingerprint density at radius 3 is 2.58 bits per heavy atom. The second-order valence-corrected chi connectivity index (χ2v) is 8.75. The molecule has 2 aliphatic rings. The zero-order chi connectivity index (χ0) is 22.5. The van der Waals surface area contributed by atoms with Crippen molar-refractivity contribution in [2.24, 2.45) is 0 Å². The summed E-state index contributed by atoms with van der Waals surface area (Å²) in [5.41, 5.74) is 4.43. The largest absolute Gasteiger partial charge is 0.490 e. The molecule has 5 rings (SSSR count). The van der Waals surface area contributed by atoms with Gasteiger partial charge in [0.2, 0.25) is 5.91 Å². The molecule has 0 spiro atoms. The van der Waals surface area contributed by atoms with Crippen molar-refractivity contribution >= 4 is 11.6 Å². The Morgan fingerprint density at radius 2 is 1.70 bits per heavy atom. The van der Waals surface area contributed by atoms with Crippen molar-refractivity contribution in [2.45, 2.75) is 31.7 Å². The molecule has 1 saturated heterocycles. The predicted molar refractivity (Wildman–Crippen MR) is 130 cm³/mol. The first-order valence-electron chi connectivity index (χ1n) is 11.8. The lowest BCUT2D eigenvalue weighted by Crippen LogP contribution is -2.33. The minimum atomic E-state index is 0.0248. The van der Waals surface area contributed by atoms with Crippen LogP contribution in [-0.4, -0.2) is 37.1 Å². The van der Waals surface area contributed by atoms with Gasteiger partial charge in [-0.3, -0.25) is 9.69 Å². The number of hydrogen-bond donors (Lipinski definition) is 1. The maximum atomic E-state index is 13.0. The van der Waals surface area contributed by atoms with E-state index in [9.17, 15) is 4.79 Å². The number of benzene rings is 3. The summed E-state index contributed by atoms with van der Waals surface area (Å²) in [6.07, 6.45) is 3.81. The standard InChI is InChI=1S/C28H30N2O3/c31-28(29-24-11-5-4-10-22(24)18-21-8-2-1-3-9-21)20-30-15-6-12-25(30)23-13-14-26-27(19-23)33-17-7-16-32-26/h1-5,8-11,13-14,19,25H,6-7,12,15-18,20H2,(H,29,31). The molecule has 2 aliphatic heterocycles. The number of carbonyl (C=O) groups is 1. The maximum Gasteiger partial charge on any atom is 0.238 e. The molecule has 0 saturated carbocycles. The van der Waals surface area contributed by atoms with E-state index in [1.807, 2.05) is 42.5 Å². The van der Waals surface area contributed by atoms with Crippen LogP contribution >= 0.6 is 0 Å². The van der Waals surface area contributed by atoms with Gasteiger partial charge < -0.3 is 14.8 Å². The van der Waals surface area contributed by atoms with Crippen LogP contribution in [-0.2, 0) is 11.2 Å². The molecule has 0 bridgehead atoms. The predicted octanol–water partition coefficient (Wildman–Crippen LogP) is 5.21. The van der Waals surface area contributed by atoms with Gasteiger partial charge in [0.1, 0.15) is 0 Å². The zero-order valence-corrected chi connectivity index (χ0v) is 18.8. The van der Waals surface area contributed by atoms with Crippen LogP contribution in [0.4, 0.5) is 5.69 Å². The highest BCUT2D eigenvalue weighted by Crippen LogP contribution is 2.37. The van der Waals surface area contributed by atoms with Crippen LogP contribution in [0.2, 0.25) is 0 Å². The highest BCUT2D eigenvalue weighted by atomic mass is 16.5. The van der Waals surface area contributed by atoms with Crippen LogP contribution in [0.5, 0.6) is 11.5 Å². The number of hydrogen-bond acceptors (Lipinski definition) is 4. The minimum Gasteiger partial charge on any atom is -0.490 e. The highest BCUT2D eigenvalue weighted by Gasteiger charge is 2.28. The van der Waals surface area contributed by atoms with E-state index in [0.717, 1.165) is 55.0 Å². The molecular weight excluding hydrogens is 412 g/mol. The van der Waals surface area contributed by atoms with Crippen LogP contribution in [0, 0.1) is 0 Å². The number of ether oxygens (including phenoxy) is 2. The summed E-state index contributed by atoms with van der Waals surface area (Å²) in [6, 6.07) is 24.8. The van der Waals surface area contributed by atoms with Crippen molar-refractivity contribution in [3.63, 3.8) is 0 Å². The monoisotopic (exact) mass is 442 g/mol. The molecule has 0 aliphatic carbocycles. The first-order chi connectivity index (χ1) is 16.3. The van der Waals surface area contributed by atoms with E-state index in [2.05, 4.69) is 40.5 Å². The first kappa shape index (κ1) is 21.5. The van der Waals surface area contributed by atoms with Crippen LogP contribution in [0.25, 0.3) is 0 Å². The number of para-hydroxylation sites is 1. The van der Waals surface area contributed by atoms with Gasteiger partial charge in [-0.05, 0) is 60.7 Å². The van der Waals surface area contributed by atoms with Crippen molar-refractivity contribution in [3.8, 4) is 11.5 Å². The van der Waals surface area contributed by atoms with Crippen molar-refractivity contribution < 1.29 is 14.3 Å². The summed E-state index contributed by atoms with van der Waals surface area (Å²) in [5, 5.41) is 3.16. The number of likely N-dealkylation sites (tertiary alicyclic amines) is 1. The maximum absolute atomic E-state index is 13.0. The fourth-order valence-electron chi connectivity index (χ4n) is 4.77. The Labute approximate surface area is 195 Å². The summed E-state index contributed by atoms with van der Waals surface area (Å²) in [7, 11) is 0. The lowest BCUT2D eigenvalue weighted by atomic mass is 10.0. The third kappa shape index (κ3) is 5.20. The number of nitrogens with one attached hydrogen (secondary N) is 1. The third-order valence-corrected chi connectivity index (χ3v) is 6.40. The lowest BCUT2D eigenvalue weighted by Gasteiger charge is -2.25.